The van der Waals surface area contributed by atoms with E-state index in [-0.39, 0.29) is 12.4 Å². The molecule has 0 heterocycles. The van der Waals surface area contributed by atoms with E-state index in [0.29, 0.717) is 22.9 Å². The van der Waals surface area contributed by atoms with E-state index in [0.717, 1.165) is 11.3 Å². The zero-order chi connectivity index (χ0) is 18.5. The van der Waals surface area contributed by atoms with Gasteiger partial charge < -0.3 is 10.1 Å². The highest BCUT2D eigenvalue weighted by Crippen LogP contribution is 2.27. The summed E-state index contributed by atoms with van der Waals surface area (Å²) in [7, 11) is 0. The SMILES string of the molecule is Cc1ccc(NCc2ccc(OCc3ccccc3F)c(Cl)c2)c(C)c1. The van der Waals surface area contributed by atoms with Crippen LogP contribution in [-0.2, 0) is 13.2 Å². The lowest BCUT2D eigenvalue weighted by Gasteiger charge is -2.12. The monoisotopic (exact) mass is 369 g/mol. The number of benzene rings is 3. The van der Waals surface area contributed by atoms with Gasteiger partial charge >= 0.3 is 0 Å². The number of anilines is 1. The van der Waals surface area contributed by atoms with Gasteiger partial charge in [0.25, 0.3) is 0 Å². The summed E-state index contributed by atoms with van der Waals surface area (Å²) in [6.07, 6.45) is 0. The van der Waals surface area contributed by atoms with Crippen LogP contribution in [0, 0.1) is 19.7 Å². The van der Waals surface area contributed by atoms with Crippen LogP contribution in [0.2, 0.25) is 5.02 Å². The highest BCUT2D eigenvalue weighted by atomic mass is 35.5. The van der Waals surface area contributed by atoms with Crippen LogP contribution in [0.15, 0.2) is 60.7 Å². The smallest absolute Gasteiger partial charge is 0.138 e. The van der Waals surface area contributed by atoms with Gasteiger partial charge in [-0.15, -0.1) is 0 Å². The quantitative estimate of drug-likeness (QED) is 0.551. The van der Waals surface area contributed by atoms with Crippen molar-refractivity contribution in [2.45, 2.75) is 27.0 Å². The number of nitrogens with one attached hydrogen (secondary N) is 1. The summed E-state index contributed by atoms with van der Waals surface area (Å²) in [5, 5.41) is 3.93. The minimum atomic E-state index is -0.280. The van der Waals surface area contributed by atoms with Gasteiger partial charge in [-0.1, -0.05) is 53.6 Å². The minimum Gasteiger partial charge on any atom is -0.487 e. The fourth-order valence-corrected chi connectivity index (χ4v) is 3.01. The average Bonchev–Trinajstić information content (AvgIpc) is 2.61. The fraction of sp³-hybridized carbons (Fsp3) is 0.182. The minimum absolute atomic E-state index is 0.145. The molecule has 26 heavy (non-hydrogen) atoms. The first-order valence-electron chi connectivity index (χ1n) is 8.48. The summed E-state index contributed by atoms with van der Waals surface area (Å²) in [6.45, 7) is 4.97. The van der Waals surface area contributed by atoms with Gasteiger partial charge in [-0.2, -0.15) is 0 Å². The number of halogens is 2. The Morgan fingerprint density at radius 1 is 1.00 bits per heavy atom. The Hall–Kier alpha value is -2.52. The Kier molecular flexibility index (Phi) is 5.79. The van der Waals surface area contributed by atoms with Crippen LogP contribution in [0.25, 0.3) is 0 Å². The molecule has 3 aromatic carbocycles. The zero-order valence-corrected chi connectivity index (χ0v) is 15.6. The van der Waals surface area contributed by atoms with E-state index in [9.17, 15) is 4.39 Å². The van der Waals surface area contributed by atoms with Gasteiger partial charge in [0.15, 0.2) is 0 Å². The second kappa shape index (κ2) is 8.24. The Bertz CT molecular complexity index is 910. The van der Waals surface area contributed by atoms with Crippen LogP contribution >= 0.6 is 11.6 Å². The van der Waals surface area contributed by atoms with Gasteiger partial charge in [-0.05, 0) is 49.2 Å². The lowest BCUT2D eigenvalue weighted by atomic mass is 10.1. The van der Waals surface area contributed by atoms with E-state index < -0.39 is 0 Å². The van der Waals surface area contributed by atoms with Crippen molar-refractivity contribution in [2.24, 2.45) is 0 Å². The second-order valence-electron chi connectivity index (χ2n) is 6.32. The van der Waals surface area contributed by atoms with Gasteiger partial charge in [0, 0.05) is 17.8 Å². The molecule has 0 aliphatic carbocycles. The largest absolute Gasteiger partial charge is 0.487 e. The van der Waals surface area contributed by atoms with Crippen molar-refractivity contribution in [3.8, 4) is 5.75 Å². The molecule has 0 spiro atoms. The first-order valence-corrected chi connectivity index (χ1v) is 8.86. The van der Waals surface area contributed by atoms with E-state index in [1.807, 2.05) is 18.2 Å². The van der Waals surface area contributed by atoms with Crippen molar-refractivity contribution in [3.63, 3.8) is 0 Å². The van der Waals surface area contributed by atoms with Crippen LogP contribution < -0.4 is 10.1 Å². The van der Waals surface area contributed by atoms with Gasteiger partial charge in [-0.3, -0.25) is 0 Å². The number of ether oxygens (including phenoxy) is 1. The van der Waals surface area contributed by atoms with E-state index in [1.54, 1.807) is 18.2 Å². The molecule has 0 saturated carbocycles. The molecular weight excluding hydrogens is 349 g/mol. The number of rotatable bonds is 6. The van der Waals surface area contributed by atoms with E-state index in [1.165, 1.54) is 17.2 Å². The molecule has 134 valence electrons. The molecule has 0 aromatic heterocycles. The van der Waals surface area contributed by atoms with Crippen LogP contribution in [-0.4, -0.2) is 0 Å². The van der Waals surface area contributed by atoms with Crippen LogP contribution in [0.4, 0.5) is 10.1 Å². The summed E-state index contributed by atoms with van der Waals surface area (Å²) >= 11 is 6.32. The summed E-state index contributed by atoms with van der Waals surface area (Å²) in [5.41, 5.74) is 5.11. The van der Waals surface area contributed by atoms with Crippen molar-refractivity contribution in [1.82, 2.24) is 0 Å². The Morgan fingerprint density at radius 2 is 1.81 bits per heavy atom. The molecule has 0 atom stereocenters. The summed E-state index contributed by atoms with van der Waals surface area (Å²) in [5.74, 6) is 0.267. The number of aryl methyl sites for hydroxylation is 2. The molecular formula is C22H21ClFNO. The van der Waals surface area contributed by atoms with Crippen LogP contribution in [0.1, 0.15) is 22.3 Å². The normalized spacial score (nSPS) is 10.6. The molecule has 0 unspecified atom stereocenters. The van der Waals surface area contributed by atoms with Crippen molar-refractivity contribution in [1.29, 1.82) is 0 Å². The molecule has 2 nitrogen and oxygen atoms in total. The van der Waals surface area contributed by atoms with E-state index in [2.05, 4.69) is 37.4 Å². The first kappa shape index (κ1) is 18.3. The number of hydrogen-bond donors (Lipinski definition) is 1. The van der Waals surface area contributed by atoms with Crippen LogP contribution in [0.3, 0.4) is 0 Å². The van der Waals surface area contributed by atoms with E-state index >= 15 is 0 Å². The molecule has 0 amide bonds. The Morgan fingerprint density at radius 3 is 2.54 bits per heavy atom. The first-order chi connectivity index (χ1) is 12.5. The van der Waals surface area contributed by atoms with E-state index in [4.69, 9.17) is 16.3 Å². The van der Waals surface area contributed by atoms with Gasteiger partial charge in [0.05, 0.1) is 5.02 Å². The van der Waals surface area contributed by atoms with Gasteiger partial charge in [0.1, 0.15) is 18.2 Å². The molecule has 0 bridgehead atoms. The predicted octanol–water partition coefficient (Wildman–Crippen LogP) is 6.29. The zero-order valence-electron chi connectivity index (χ0n) is 14.9. The molecule has 1 N–H and O–H groups in total. The standard InChI is InChI=1S/C22H21ClFNO/c1-15-7-9-21(16(2)11-15)25-13-17-8-10-22(19(23)12-17)26-14-18-5-3-4-6-20(18)24/h3-12,25H,13-14H2,1-2H3. The number of hydrogen-bond acceptors (Lipinski definition) is 2. The van der Waals surface area contributed by atoms with Gasteiger partial charge in [-0.25, -0.2) is 4.39 Å². The second-order valence-corrected chi connectivity index (χ2v) is 6.72. The summed E-state index contributed by atoms with van der Waals surface area (Å²) in [6, 6.07) is 18.5. The molecule has 0 radical (unpaired) electrons. The third-order valence-electron chi connectivity index (χ3n) is 4.20. The predicted molar refractivity (Wildman–Crippen MR) is 105 cm³/mol. The highest BCUT2D eigenvalue weighted by Gasteiger charge is 2.07. The molecule has 0 saturated heterocycles. The Balaban J connectivity index is 1.63. The molecule has 0 fully saturated rings. The molecule has 0 aliphatic heterocycles. The maximum atomic E-state index is 13.7. The lowest BCUT2D eigenvalue weighted by Crippen LogP contribution is -2.02. The van der Waals surface area contributed by atoms with Crippen molar-refractivity contribution >= 4 is 17.3 Å². The summed E-state index contributed by atoms with van der Waals surface area (Å²) < 4.78 is 19.3. The maximum absolute atomic E-state index is 13.7. The maximum Gasteiger partial charge on any atom is 0.138 e. The van der Waals surface area contributed by atoms with Crippen molar-refractivity contribution < 1.29 is 9.13 Å². The molecule has 4 heteroatoms. The third kappa shape index (κ3) is 4.55. The lowest BCUT2D eigenvalue weighted by molar-refractivity contribution is 0.300. The molecule has 3 rings (SSSR count). The molecule has 0 aliphatic rings. The third-order valence-corrected chi connectivity index (χ3v) is 4.50. The highest BCUT2D eigenvalue weighted by molar-refractivity contribution is 6.32. The van der Waals surface area contributed by atoms with Crippen molar-refractivity contribution in [2.75, 3.05) is 5.32 Å². The fourth-order valence-electron chi connectivity index (χ4n) is 2.75. The topological polar surface area (TPSA) is 21.3 Å². The molecule has 3 aromatic rings. The van der Waals surface area contributed by atoms with Crippen molar-refractivity contribution in [3.05, 3.63) is 93.8 Å². The Labute approximate surface area is 158 Å². The van der Waals surface area contributed by atoms with Gasteiger partial charge in [0.2, 0.25) is 0 Å². The average molecular weight is 370 g/mol. The summed E-state index contributed by atoms with van der Waals surface area (Å²) in [4.78, 5) is 0. The van der Waals surface area contributed by atoms with Crippen LogP contribution in [0.5, 0.6) is 5.75 Å².